The average Bonchev–Trinajstić information content (AvgIpc) is 2.74. The average molecular weight is 326 g/mol. The first-order chi connectivity index (χ1) is 8.41. The number of methoxy groups -OCH3 is 1. The molecule has 0 spiro atoms. The summed E-state index contributed by atoms with van der Waals surface area (Å²) in [5.74, 6) is 0.932. The minimum Gasteiger partial charge on any atom is -0.496 e. The third-order valence-corrected chi connectivity index (χ3v) is 4.33. The molecule has 0 saturated heterocycles. The summed E-state index contributed by atoms with van der Waals surface area (Å²) < 4.78 is 6.33. The molecule has 0 fully saturated rings. The van der Waals surface area contributed by atoms with E-state index in [9.17, 15) is 0 Å². The predicted octanol–water partition coefficient (Wildman–Crippen LogP) is 4.88. The van der Waals surface area contributed by atoms with Crippen molar-refractivity contribution in [2.24, 2.45) is 0 Å². The van der Waals surface area contributed by atoms with Gasteiger partial charge in [-0.15, -0.1) is 11.3 Å². The van der Waals surface area contributed by atoms with Gasteiger partial charge in [0.1, 0.15) is 15.4 Å². The number of ether oxygens (including phenoxy) is 1. The molecule has 0 radical (unpaired) electrons. The van der Waals surface area contributed by atoms with E-state index in [1.807, 2.05) is 11.4 Å². The maximum absolute atomic E-state index is 5.44. The van der Waals surface area contributed by atoms with E-state index < -0.39 is 0 Å². The van der Waals surface area contributed by atoms with Crippen molar-refractivity contribution < 1.29 is 4.74 Å². The van der Waals surface area contributed by atoms with Crippen LogP contribution in [-0.4, -0.2) is 12.1 Å². The lowest BCUT2D eigenvalue weighted by molar-refractivity contribution is 0.397. The molecule has 0 aliphatic heterocycles. The van der Waals surface area contributed by atoms with Crippen molar-refractivity contribution in [3.8, 4) is 16.3 Å². The Bertz CT molecular complexity index is 557. The predicted molar refractivity (Wildman–Crippen MR) is 80.5 cm³/mol. The molecule has 1 aromatic carbocycles. The minimum atomic E-state index is 0.0514. The molecule has 0 N–H and O–H groups in total. The summed E-state index contributed by atoms with van der Waals surface area (Å²) in [6.45, 7) is 6.56. The molecule has 2 rings (SSSR count). The van der Waals surface area contributed by atoms with E-state index in [2.05, 4.69) is 53.8 Å². The Morgan fingerprint density at radius 1 is 1.28 bits per heavy atom. The van der Waals surface area contributed by atoms with Crippen molar-refractivity contribution >= 4 is 27.3 Å². The monoisotopic (exact) mass is 325 g/mol. The Balaban J connectivity index is 2.52. The van der Waals surface area contributed by atoms with E-state index in [0.29, 0.717) is 0 Å². The number of rotatable bonds is 2. The number of aromatic nitrogens is 1. The van der Waals surface area contributed by atoms with Gasteiger partial charge in [0.25, 0.3) is 0 Å². The quantitative estimate of drug-likeness (QED) is 0.785. The van der Waals surface area contributed by atoms with E-state index >= 15 is 0 Å². The molecule has 0 amide bonds. The number of thiazole rings is 1. The van der Waals surface area contributed by atoms with Crippen LogP contribution in [-0.2, 0) is 5.41 Å². The highest BCUT2D eigenvalue weighted by atomic mass is 79.9. The first-order valence-corrected chi connectivity index (χ1v) is 7.39. The van der Waals surface area contributed by atoms with Gasteiger partial charge >= 0.3 is 0 Å². The molecule has 0 aliphatic rings. The molecule has 0 aliphatic carbocycles. The normalized spacial score (nSPS) is 11.6. The van der Waals surface area contributed by atoms with Crippen LogP contribution in [0.2, 0.25) is 0 Å². The summed E-state index contributed by atoms with van der Waals surface area (Å²) in [5, 5.41) is 3.02. The molecule has 0 bridgehead atoms. The summed E-state index contributed by atoms with van der Waals surface area (Å²) in [6, 6.07) is 6.24. The molecule has 0 atom stereocenters. The van der Waals surface area contributed by atoms with Crippen molar-refractivity contribution in [2.45, 2.75) is 26.2 Å². The second-order valence-electron chi connectivity index (χ2n) is 5.14. The molecular weight excluding hydrogens is 310 g/mol. The van der Waals surface area contributed by atoms with E-state index in [0.717, 1.165) is 20.9 Å². The smallest absolute Gasteiger partial charge is 0.124 e. The van der Waals surface area contributed by atoms with Gasteiger partial charge in [-0.3, -0.25) is 0 Å². The second kappa shape index (κ2) is 5.02. The number of hydrogen-bond donors (Lipinski definition) is 0. The van der Waals surface area contributed by atoms with Crippen molar-refractivity contribution in [1.29, 1.82) is 0 Å². The van der Waals surface area contributed by atoms with Crippen LogP contribution >= 0.6 is 27.3 Å². The largest absolute Gasteiger partial charge is 0.496 e. The lowest BCUT2D eigenvalue weighted by Gasteiger charge is -2.22. The molecule has 1 heterocycles. The Hall–Kier alpha value is -0.870. The molecule has 0 unspecified atom stereocenters. The van der Waals surface area contributed by atoms with Crippen LogP contribution in [0.4, 0.5) is 0 Å². The van der Waals surface area contributed by atoms with E-state index in [1.54, 1.807) is 18.4 Å². The van der Waals surface area contributed by atoms with Crippen LogP contribution in [0.5, 0.6) is 5.75 Å². The van der Waals surface area contributed by atoms with Crippen LogP contribution in [0, 0.1) is 0 Å². The minimum absolute atomic E-state index is 0.0514. The SMILES string of the molecule is COc1ccc(-c2nc(Br)cs2)cc1C(C)(C)C. The number of benzene rings is 1. The van der Waals surface area contributed by atoms with Gasteiger partial charge in [0, 0.05) is 16.5 Å². The fourth-order valence-electron chi connectivity index (χ4n) is 1.81. The van der Waals surface area contributed by atoms with Crippen molar-refractivity contribution in [3.05, 3.63) is 33.7 Å². The molecule has 2 aromatic rings. The van der Waals surface area contributed by atoms with Crippen LogP contribution in [0.1, 0.15) is 26.3 Å². The summed E-state index contributed by atoms with van der Waals surface area (Å²) in [7, 11) is 1.71. The third-order valence-electron chi connectivity index (χ3n) is 2.73. The summed E-state index contributed by atoms with van der Waals surface area (Å²) in [6.07, 6.45) is 0. The second-order valence-corrected chi connectivity index (χ2v) is 6.81. The molecule has 0 saturated carbocycles. The number of nitrogens with zero attached hydrogens (tertiary/aromatic N) is 1. The zero-order valence-electron chi connectivity index (χ0n) is 11.0. The highest BCUT2D eigenvalue weighted by Crippen LogP contribution is 2.36. The maximum Gasteiger partial charge on any atom is 0.124 e. The van der Waals surface area contributed by atoms with Crippen LogP contribution in [0.15, 0.2) is 28.2 Å². The van der Waals surface area contributed by atoms with E-state index in [4.69, 9.17) is 4.74 Å². The van der Waals surface area contributed by atoms with E-state index in [-0.39, 0.29) is 5.41 Å². The topological polar surface area (TPSA) is 22.1 Å². The Morgan fingerprint density at radius 3 is 2.50 bits per heavy atom. The molecule has 1 aromatic heterocycles. The van der Waals surface area contributed by atoms with Gasteiger partial charge in [0.2, 0.25) is 0 Å². The zero-order chi connectivity index (χ0) is 13.3. The summed E-state index contributed by atoms with van der Waals surface area (Å²) >= 11 is 5.03. The van der Waals surface area contributed by atoms with Gasteiger partial charge in [-0.1, -0.05) is 20.8 Å². The first-order valence-electron chi connectivity index (χ1n) is 5.72. The Kier molecular flexibility index (Phi) is 3.78. The van der Waals surface area contributed by atoms with Gasteiger partial charge < -0.3 is 4.74 Å². The van der Waals surface area contributed by atoms with Crippen LogP contribution < -0.4 is 4.74 Å². The van der Waals surface area contributed by atoms with Gasteiger partial charge in [-0.2, -0.15) is 0 Å². The maximum atomic E-state index is 5.44. The molecule has 2 nitrogen and oxygen atoms in total. The summed E-state index contributed by atoms with van der Waals surface area (Å²) in [5.41, 5.74) is 2.39. The van der Waals surface area contributed by atoms with Gasteiger partial charge in [-0.25, -0.2) is 4.98 Å². The molecule has 18 heavy (non-hydrogen) atoms. The van der Waals surface area contributed by atoms with Gasteiger partial charge in [0.15, 0.2) is 0 Å². The Morgan fingerprint density at radius 2 is 2.00 bits per heavy atom. The zero-order valence-corrected chi connectivity index (χ0v) is 13.4. The van der Waals surface area contributed by atoms with Crippen molar-refractivity contribution in [2.75, 3.05) is 7.11 Å². The highest BCUT2D eigenvalue weighted by molar-refractivity contribution is 9.10. The lowest BCUT2D eigenvalue weighted by Crippen LogP contribution is -2.12. The first kappa shape index (κ1) is 13.6. The number of halogens is 1. The number of hydrogen-bond acceptors (Lipinski definition) is 3. The third kappa shape index (κ3) is 2.75. The van der Waals surface area contributed by atoms with Crippen LogP contribution in [0.3, 0.4) is 0 Å². The van der Waals surface area contributed by atoms with E-state index in [1.165, 1.54) is 5.56 Å². The summed E-state index contributed by atoms with van der Waals surface area (Å²) in [4.78, 5) is 4.45. The Labute approximate surface area is 120 Å². The highest BCUT2D eigenvalue weighted by Gasteiger charge is 2.20. The van der Waals surface area contributed by atoms with Crippen molar-refractivity contribution in [3.63, 3.8) is 0 Å². The van der Waals surface area contributed by atoms with Crippen molar-refractivity contribution in [1.82, 2.24) is 4.98 Å². The van der Waals surface area contributed by atoms with Gasteiger partial charge in [-0.05, 0) is 39.5 Å². The van der Waals surface area contributed by atoms with Crippen LogP contribution in [0.25, 0.3) is 10.6 Å². The standard InChI is InChI=1S/C14H16BrNOS/c1-14(2,3)10-7-9(5-6-11(10)17-4)13-16-12(15)8-18-13/h5-8H,1-4H3. The van der Waals surface area contributed by atoms with Gasteiger partial charge in [0.05, 0.1) is 7.11 Å². The molecule has 4 heteroatoms. The fraction of sp³-hybridized carbons (Fsp3) is 0.357. The molecule has 96 valence electrons. The fourth-order valence-corrected chi connectivity index (χ4v) is 3.06. The lowest BCUT2D eigenvalue weighted by atomic mass is 9.85. The molecular formula is C14H16BrNOS.